The molecule has 28 heavy (non-hydrogen) atoms. The third kappa shape index (κ3) is 4.94. The molecule has 1 aromatic heterocycles. The summed E-state index contributed by atoms with van der Waals surface area (Å²) in [5.41, 5.74) is 5.02. The van der Waals surface area contributed by atoms with E-state index in [4.69, 9.17) is 16.3 Å². The molecule has 1 heterocycles. The van der Waals surface area contributed by atoms with Crippen LogP contribution in [0.5, 0.6) is 5.75 Å². The Balaban J connectivity index is 1.56. The Bertz CT molecular complexity index is 1020. The lowest BCUT2D eigenvalue weighted by Gasteiger charge is -2.08. The van der Waals surface area contributed by atoms with Crippen molar-refractivity contribution >= 4 is 29.1 Å². The summed E-state index contributed by atoms with van der Waals surface area (Å²) in [5.74, 6) is 1.68. The fraction of sp³-hybridized carbons (Fsp3) is 0.286. The smallest absolute Gasteiger partial charge is 0.208 e. The van der Waals surface area contributed by atoms with E-state index < -0.39 is 0 Å². The number of halogens is 1. The number of ether oxygens (including phenoxy) is 1. The molecule has 0 aliphatic carbocycles. The fourth-order valence-corrected chi connectivity index (χ4v) is 3.55. The standard InChI is InChI=1S/C21H22ClN3O2S/c1-12-7-14(3)17(9-13(12)2)19(26)11-28-21-23-20(24-25-21)10-27-16-5-6-18(22)15(4)8-16/h5-9H,10-11H2,1-4H3,(H,23,24,25). The minimum atomic E-state index is 0.0739. The Morgan fingerprint density at radius 3 is 2.57 bits per heavy atom. The Morgan fingerprint density at radius 2 is 1.82 bits per heavy atom. The number of carbonyl (C=O) groups excluding carboxylic acids is 1. The number of Topliss-reactive ketones (excluding diaryl/α,β-unsaturated/α-hetero) is 1. The van der Waals surface area contributed by atoms with Gasteiger partial charge in [0, 0.05) is 10.6 Å². The molecule has 0 fully saturated rings. The molecule has 0 radical (unpaired) electrons. The molecule has 3 aromatic rings. The second-order valence-corrected chi connectivity index (χ2v) is 8.08. The molecule has 0 saturated heterocycles. The van der Waals surface area contributed by atoms with Crippen LogP contribution < -0.4 is 4.74 Å². The van der Waals surface area contributed by atoms with Gasteiger partial charge < -0.3 is 4.74 Å². The molecule has 0 aliphatic rings. The van der Waals surface area contributed by atoms with E-state index in [9.17, 15) is 4.79 Å². The van der Waals surface area contributed by atoms with Crippen LogP contribution >= 0.6 is 23.4 Å². The molecule has 0 atom stereocenters. The summed E-state index contributed by atoms with van der Waals surface area (Å²) >= 11 is 7.33. The van der Waals surface area contributed by atoms with Gasteiger partial charge in [0.05, 0.1) is 5.75 Å². The Hall–Kier alpha value is -2.31. The lowest BCUT2D eigenvalue weighted by Crippen LogP contribution is -2.06. The highest BCUT2D eigenvalue weighted by atomic mass is 35.5. The molecular weight excluding hydrogens is 394 g/mol. The number of ketones is 1. The minimum absolute atomic E-state index is 0.0739. The van der Waals surface area contributed by atoms with Crippen LogP contribution in [-0.4, -0.2) is 26.7 Å². The molecule has 0 aliphatic heterocycles. The van der Waals surface area contributed by atoms with Crippen LogP contribution in [0.3, 0.4) is 0 Å². The van der Waals surface area contributed by atoms with Crippen molar-refractivity contribution in [1.82, 2.24) is 15.2 Å². The maximum Gasteiger partial charge on any atom is 0.208 e. The Kier molecular flexibility index (Phi) is 6.42. The van der Waals surface area contributed by atoms with E-state index in [1.165, 1.54) is 17.3 Å². The van der Waals surface area contributed by atoms with Crippen LogP contribution in [0.4, 0.5) is 0 Å². The van der Waals surface area contributed by atoms with Gasteiger partial charge in [0.1, 0.15) is 12.4 Å². The molecule has 2 aromatic carbocycles. The third-order valence-electron chi connectivity index (χ3n) is 4.49. The number of H-pyrrole nitrogens is 1. The molecule has 0 bridgehead atoms. The molecule has 7 heteroatoms. The second kappa shape index (κ2) is 8.80. The van der Waals surface area contributed by atoms with Gasteiger partial charge in [0.15, 0.2) is 11.6 Å². The number of thioether (sulfide) groups is 1. The molecule has 1 N–H and O–H groups in total. The summed E-state index contributed by atoms with van der Waals surface area (Å²) < 4.78 is 5.71. The summed E-state index contributed by atoms with van der Waals surface area (Å²) in [6, 6.07) is 9.49. The molecule has 3 rings (SSSR count). The number of hydrogen-bond donors (Lipinski definition) is 1. The average molecular weight is 416 g/mol. The van der Waals surface area contributed by atoms with Crippen LogP contribution in [0.2, 0.25) is 5.02 Å². The molecular formula is C21H22ClN3O2S. The predicted octanol–water partition coefficient (Wildman–Crippen LogP) is 5.25. The number of hydrogen-bond acceptors (Lipinski definition) is 5. The normalized spacial score (nSPS) is 10.9. The van der Waals surface area contributed by atoms with Crippen molar-refractivity contribution in [1.29, 1.82) is 0 Å². The lowest BCUT2D eigenvalue weighted by molar-refractivity contribution is 0.102. The third-order valence-corrected chi connectivity index (χ3v) is 5.76. The van der Waals surface area contributed by atoms with E-state index in [1.54, 1.807) is 6.07 Å². The van der Waals surface area contributed by atoms with Gasteiger partial charge in [-0.05, 0) is 74.2 Å². The Labute approximate surface area is 173 Å². The number of carbonyl (C=O) groups is 1. The van der Waals surface area contributed by atoms with Gasteiger partial charge in [-0.25, -0.2) is 4.98 Å². The number of nitrogens with one attached hydrogen (secondary N) is 1. The van der Waals surface area contributed by atoms with Gasteiger partial charge in [-0.2, -0.15) is 0 Å². The molecule has 0 spiro atoms. The minimum Gasteiger partial charge on any atom is -0.486 e. The highest BCUT2D eigenvalue weighted by molar-refractivity contribution is 7.99. The highest BCUT2D eigenvalue weighted by Crippen LogP contribution is 2.22. The van der Waals surface area contributed by atoms with Gasteiger partial charge in [-0.15, -0.1) is 5.10 Å². The second-order valence-electron chi connectivity index (χ2n) is 6.73. The van der Waals surface area contributed by atoms with E-state index in [2.05, 4.69) is 15.2 Å². The van der Waals surface area contributed by atoms with Gasteiger partial charge in [0.25, 0.3) is 0 Å². The van der Waals surface area contributed by atoms with E-state index in [0.29, 0.717) is 21.8 Å². The topological polar surface area (TPSA) is 67.9 Å². The largest absolute Gasteiger partial charge is 0.486 e. The number of aromatic amines is 1. The number of benzene rings is 2. The highest BCUT2D eigenvalue weighted by Gasteiger charge is 2.13. The first-order valence-corrected chi connectivity index (χ1v) is 10.2. The molecule has 5 nitrogen and oxygen atoms in total. The van der Waals surface area contributed by atoms with Gasteiger partial charge in [-0.3, -0.25) is 9.89 Å². The van der Waals surface area contributed by atoms with Crippen molar-refractivity contribution < 1.29 is 9.53 Å². The van der Waals surface area contributed by atoms with Crippen molar-refractivity contribution in [3.63, 3.8) is 0 Å². The zero-order valence-electron chi connectivity index (χ0n) is 16.3. The first-order chi connectivity index (χ1) is 13.3. The van der Waals surface area contributed by atoms with E-state index in [-0.39, 0.29) is 18.1 Å². The van der Waals surface area contributed by atoms with Crippen molar-refractivity contribution in [3.8, 4) is 5.75 Å². The molecule has 0 amide bonds. The van der Waals surface area contributed by atoms with Crippen LogP contribution in [-0.2, 0) is 6.61 Å². The summed E-state index contributed by atoms with van der Waals surface area (Å²) in [6.45, 7) is 8.22. The van der Waals surface area contributed by atoms with E-state index in [1.807, 2.05) is 52.0 Å². The summed E-state index contributed by atoms with van der Waals surface area (Å²) in [7, 11) is 0. The van der Waals surface area contributed by atoms with Gasteiger partial charge in [0.2, 0.25) is 5.16 Å². The molecule has 0 unspecified atom stereocenters. The average Bonchev–Trinajstić information content (AvgIpc) is 3.11. The maximum absolute atomic E-state index is 12.6. The van der Waals surface area contributed by atoms with Gasteiger partial charge in [-0.1, -0.05) is 29.4 Å². The summed E-state index contributed by atoms with van der Waals surface area (Å²) in [4.78, 5) is 16.9. The van der Waals surface area contributed by atoms with Gasteiger partial charge >= 0.3 is 0 Å². The monoisotopic (exact) mass is 415 g/mol. The SMILES string of the molecule is Cc1cc(C)c(C(=O)CSc2n[nH]c(COc3ccc(Cl)c(C)c3)n2)cc1C. The van der Waals surface area contributed by atoms with Crippen LogP contribution in [0.15, 0.2) is 35.5 Å². The van der Waals surface area contributed by atoms with Crippen LogP contribution in [0.25, 0.3) is 0 Å². The molecule has 0 saturated carbocycles. The Morgan fingerprint density at radius 1 is 1.07 bits per heavy atom. The number of aromatic nitrogens is 3. The zero-order valence-corrected chi connectivity index (χ0v) is 17.9. The maximum atomic E-state index is 12.6. The van der Waals surface area contributed by atoms with Crippen molar-refractivity contribution in [3.05, 3.63) is 69.0 Å². The van der Waals surface area contributed by atoms with Crippen LogP contribution in [0.1, 0.15) is 38.4 Å². The van der Waals surface area contributed by atoms with Crippen LogP contribution in [0, 0.1) is 27.7 Å². The number of aryl methyl sites for hydroxylation is 4. The summed E-state index contributed by atoms with van der Waals surface area (Å²) in [5, 5.41) is 8.23. The van der Waals surface area contributed by atoms with Crippen molar-refractivity contribution in [2.75, 3.05) is 5.75 Å². The number of rotatable bonds is 7. The van der Waals surface area contributed by atoms with Crippen molar-refractivity contribution in [2.45, 2.75) is 39.5 Å². The first kappa shape index (κ1) is 20.4. The number of nitrogens with zero attached hydrogens (tertiary/aromatic N) is 2. The zero-order chi connectivity index (χ0) is 20.3. The first-order valence-electron chi connectivity index (χ1n) is 8.87. The molecule has 146 valence electrons. The quantitative estimate of drug-likeness (QED) is 0.421. The predicted molar refractivity (Wildman–Crippen MR) is 113 cm³/mol. The summed E-state index contributed by atoms with van der Waals surface area (Å²) in [6.07, 6.45) is 0. The van der Waals surface area contributed by atoms with E-state index >= 15 is 0 Å². The lowest BCUT2D eigenvalue weighted by atomic mass is 9.99. The van der Waals surface area contributed by atoms with Crippen molar-refractivity contribution in [2.24, 2.45) is 0 Å². The fourth-order valence-electron chi connectivity index (χ4n) is 2.73. The van der Waals surface area contributed by atoms with E-state index in [0.717, 1.165) is 22.3 Å².